The summed E-state index contributed by atoms with van der Waals surface area (Å²) in [6.45, 7) is 0. The van der Waals surface area contributed by atoms with E-state index in [0.717, 1.165) is 0 Å². The van der Waals surface area contributed by atoms with Gasteiger partial charge in [0, 0.05) is 0 Å². The maximum absolute atomic E-state index is 10.4. The third-order valence-electron chi connectivity index (χ3n) is 0.136. The van der Waals surface area contributed by atoms with Gasteiger partial charge in [0.1, 0.15) is 0 Å². The van der Waals surface area contributed by atoms with Crippen LogP contribution >= 0.6 is 8.53 Å². The lowest BCUT2D eigenvalue weighted by atomic mass is 13.9. The van der Waals surface area contributed by atoms with Gasteiger partial charge in [-0.2, -0.15) is 0 Å². The van der Waals surface area contributed by atoms with Crippen molar-refractivity contribution in [1.29, 1.82) is 0 Å². The van der Waals surface area contributed by atoms with Gasteiger partial charge in [0.25, 0.3) is 0 Å². The molecule has 6 heteroatoms. The van der Waals surface area contributed by atoms with E-state index < -0.39 is 8.53 Å². The van der Waals surface area contributed by atoms with Crippen molar-refractivity contribution in [3.8, 4) is 0 Å². The van der Waals surface area contributed by atoms with Crippen molar-refractivity contribution >= 4 is 8.53 Å². The molecule has 0 fully saturated rings. The van der Waals surface area contributed by atoms with Crippen LogP contribution in [0.4, 0.5) is 9.05 Å². The highest BCUT2D eigenvalue weighted by molar-refractivity contribution is 7.44. The van der Waals surface area contributed by atoms with Gasteiger partial charge in [-0.1, -0.05) is 0 Å². The Labute approximate surface area is 33.8 Å². The van der Waals surface area contributed by atoms with E-state index in [-0.39, 0.29) is 0 Å². The second-order valence-corrected chi connectivity index (χ2v) is 1.27. The molecule has 0 bridgehead atoms. The summed E-state index contributed by atoms with van der Waals surface area (Å²) in [5, 5.41) is 0. The molecule has 0 radical (unpaired) electrons. The Morgan fingerprint density at radius 1 is 1.33 bits per heavy atom. The van der Waals surface area contributed by atoms with Gasteiger partial charge >= 0.3 is 8.53 Å². The third-order valence-corrected chi connectivity index (χ3v) is 0.408. The van der Waals surface area contributed by atoms with Crippen molar-refractivity contribution in [1.82, 2.24) is 0 Å². The van der Waals surface area contributed by atoms with Crippen molar-refractivity contribution in [2.45, 2.75) is 0 Å². The summed E-state index contributed by atoms with van der Waals surface area (Å²) in [5.41, 5.74) is 4.34. The highest BCUT2D eigenvalue weighted by Crippen LogP contribution is 2.28. The van der Waals surface area contributed by atoms with E-state index >= 15 is 0 Å². The molecule has 0 saturated carbocycles. The second-order valence-electron chi connectivity index (χ2n) is 0.423. The first-order valence-electron chi connectivity index (χ1n) is 0.932. The molecule has 3 nitrogen and oxygen atoms in total. The lowest BCUT2D eigenvalue weighted by Gasteiger charge is -1.90. The lowest BCUT2D eigenvalue weighted by molar-refractivity contribution is -0.0690. The molecule has 0 spiro atoms. The van der Waals surface area contributed by atoms with E-state index in [1.54, 1.807) is 0 Å². The zero-order chi connectivity index (χ0) is 4.99. The summed E-state index contributed by atoms with van der Waals surface area (Å²) in [6.07, 6.45) is 0. The predicted molar refractivity (Wildman–Crippen MR) is 15.5 cm³/mol. The third kappa shape index (κ3) is 2.41. The molecule has 0 heterocycles. The minimum absolute atomic E-state index is 2.41. The maximum Gasteiger partial charge on any atom is 0.330 e. The van der Waals surface area contributed by atoms with Crippen LogP contribution in [-0.4, -0.2) is 0 Å². The van der Waals surface area contributed by atoms with Crippen LogP contribution in [0.15, 0.2) is 0 Å². The fourth-order valence-corrected chi connectivity index (χ4v) is 0.0319. The summed E-state index contributed by atoms with van der Waals surface area (Å²) < 4.78 is 26.1. The first-order chi connectivity index (χ1) is 2.81. The fraction of sp³-hybridized carbons (Fsp3) is 0. The van der Waals surface area contributed by atoms with E-state index in [9.17, 15) is 9.05 Å². The SMILES string of the molecule is NP(OF)OF. The minimum Gasteiger partial charge on any atom is -0.260 e. The average Bonchev–Trinajstić information content (AvgIpc) is 1.65. The molecule has 0 aromatic heterocycles. The smallest absolute Gasteiger partial charge is 0.260 e. The van der Waals surface area contributed by atoms with E-state index in [1.165, 1.54) is 0 Å². The predicted octanol–water partition coefficient (Wildman–Crippen LogP) is 0.974. The standard InChI is InChI=1S/F2H2NO2P/c1-4-6(3)5-2/h3H2. The van der Waals surface area contributed by atoms with Gasteiger partial charge in [-0.05, 0) is 9.05 Å². The van der Waals surface area contributed by atoms with E-state index in [0.29, 0.717) is 0 Å². The van der Waals surface area contributed by atoms with Gasteiger partial charge in [-0.3, -0.25) is 5.50 Å². The first-order valence-corrected chi connectivity index (χ1v) is 2.18. The summed E-state index contributed by atoms with van der Waals surface area (Å²) in [4.78, 5) is 0. The van der Waals surface area contributed by atoms with Crippen molar-refractivity contribution in [2.75, 3.05) is 0 Å². The summed E-state index contributed by atoms with van der Waals surface area (Å²) >= 11 is 0. The van der Waals surface area contributed by atoms with Crippen molar-refractivity contribution < 1.29 is 18.5 Å². The average molecular weight is 117 g/mol. The molecule has 6 heavy (non-hydrogen) atoms. The first kappa shape index (κ1) is 6.17. The van der Waals surface area contributed by atoms with Gasteiger partial charge in [0.15, 0.2) is 0 Å². The normalized spacial score (nSPS) is 10.0. The number of hydrogen-bond acceptors (Lipinski definition) is 3. The van der Waals surface area contributed by atoms with Gasteiger partial charge in [0.2, 0.25) is 0 Å². The van der Waals surface area contributed by atoms with Crippen LogP contribution in [0.2, 0.25) is 0 Å². The Bertz CT molecular complexity index is 30.7. The lowest BCUT2D eigenvalue weighted by Crippen LogP contribution is -1.84. The van der Waals surface area contributed by atoms with Crippen molar-refractivity contribution in [3.05, 3.63) is 0 Å². The molecule has 0 aromatic carbocycles. The summed E-state index contributed by atoms with van der Waals surface area (Å²) in [6, 6.07) is 0. The highest BCUT2D eigenvalue weighted by Gasteiger charge is 2.00. The Kier molecular flexibility index (Phi) is 3.46. The molecule has 0 amide bonds. The van der Waals surface area contributed by atoms with E-state index in [2.05, 4.69) is 15.0 Å². The molecule has 0 rings (SSSR count). The Hall–Kier alpha value is 0.170. The van der Waals surface area contributed by atoms with Crippen molar-refractivity contribution in [3.63, 3.8) is 0 Å². The monoisotopic (exact) mass is 117 g/mol. The molecule has 38 valence electrons. The van der Waals surface area contributed by atoms with Gasteiger partial charge < -0.3 is 0 Å². The molecular formula is H2F2NO2P. The summed E-state index contributed by atoms with van der Waals surface area (Å²) in [7, 11) is -2.41. The van der Waals surface area contributed by atoms with Crippen LogP contribution in [0.3, 0.4) is 0 Å². The fourth-order valence-electron chi connectivity index (χ4n) is 0.0106. The largest absolute Gasteiger partial charge is 0.330 e. The molecular weight excluding hydrogens is 115 g/mol. The van der Waals surface area contributed by atoms with Gasteiger partial charge in [-0.15, -0.1) is 9.46 Å². The zero-order valence-corrected chi connectivity index (χ0v) is 3.49. The minimum atomic E-state index is -2.41. The molecule has 0 aliphatic heterocycles. The molecule has 0 saturated heterocycles. The number of halogens is 2. The topological polar surface area (TPSA) is 44.5 Å². The van der Waals surface area contributed by atoms with Crippen molar-refractivity contribution in [2.24, 2.45) is 5.50 Å². The number of nitrogens with two attached hydrogens (primary N) is 1. The molecule has 0 aromatic rings. The molecule has 0 unspecified atom stereocenters. The Morgan fingerprint density at radius 3 is 1.67 bits per heavy atom. The van der Waals surface area contributed by atoms with Crippen LogP contribution in [0.1, 0.15) is 0 Å². The van der Waals surface area contributed by atoms with E-state index in [1.807, 2.05) is 0 Å². The van der Waals surface area contributed by atoms with Crippen LogP contribution in [-0.2, 0) is 9.46 Å². The van der Waals surface area contributed by atoms with Gasteiger partial charge in [0.05, 0.1) is 0 Å². The Balaban J connectivity index is 2.75. The zero-order valence-electron chi connectivity index (χ0n) is 2.60. The van der Waals surface area contributed by atoms with Crippen LogP contribution in [0, 0.1) is 0 Å². The maximum atomic E-state index is 10.4. The second kappa shape index (κ2) is 3.36. The highest BCUT2D eigenvalue weighted by atomic mass is 31.2. The Morgan fingerprint density at radius 2 is 1.67 bits per heavy atom. The number of hydrogen-bond donors (Lipinski definition) is 1. The van der Waals surface area contributed by atoms with Gasteiger partial charge in [-0.25, -0.2) is 0 Å². The molecule has 0 atom stereocenters. The van der Waals surface area contributed by atoms with Crippen LogP contribution in [0.5, 0.6) is 0 Å². The molecule has 0 aliphatic carbocycles. The molecule has 2 N–H and O–H groups in total. The quantitative estimate of drug-likeness (QED) is 0.548. The summed E-state index contributed by atoms with van der Waals surface area (Å²) in [5.74, 6) is 0. The van der Waals surface area contributed by atoms with E-state index in [4.69, 9.17) is 0 Å². The van der Waals surface area contributed by atoms with Crippen LogP contribution in [0.25, 0.3) is 0 Å². The van der Waals surface area contributed by atoms with Crippen LogP contribution < -0.4 is 5.50 Å². The molecule has 0 aliphatic rings. The number of rotatable bonds is 2.